The molecule has 2 aromatic carbocycles. The van der Waals surface area contributed by atoms with E-state index in [1.165, 1.54) is 7.11 Å². The largest absolute Gasteiger partial charge is 0.496 e. The molecule has 27 heavy (non-hydrogen) atoms. The van der Waals surface area contributed by atoms with E-state index >= 15 is 0 Å². The van der Waals surface area contributed by atoms with Gasteiger partial charge in [-0.05, 0) is 38.5 Å². The minimum atomic E-state index is -1.12. The number of esters is 1. The van der Waals surface area contributed by atoms with Gasteiger partial charge < -0.3 is 9.47 Å². The zero-order valence-corrected chi connectivity index (χ0v) is 17.4. The highest BCUT2D eigenvalue weighted by Gasteiger charge is 2.35. The van der Waals surface area contributed by atoms with Crippen molar-refractivity contribution >= 4 is 32.5 Å². The molecule has 0 saturated carbocycles. The number of Topliss-reactive ketones (excluding diaryl/α,β-unsaturated/α-hetero) is 1. The number of ether oxygens (including phenoxy) is 2. The summed E-state index contributed by atoms with van der Waals surface area (Å²) < 4.78 is 18.8. The first kappa shape index (κ1) is 22.8. The standard InChI is InChI=1S/C20H21ClO4.HOP/c1-20(2,3)25-19(23)16(13-9-6-5-7-10-13)18(22)17-14(21)11-8-12-15(17)24-4;1-2/h5-12,16H,1-4H3;2H. The first-order valence-electron chi connectivity index (χ1n) is 8.09. The first-order chi connectivity index (χ1) is 12.7. The summed E-state index contributed by atoms with van der Waals surface area (Å²) in [4.78, 5) is 26.0. The quantitative estimate of drug-likeness (QED) is 0.297. The maximum atomic E-state index is 13.2. The monoisotopic (exact) mass is 408 g/mol. The Bertz CT molecular complexity index is 787. The van der Waals surface area contributed by atoms with E-state index in [9.17, 15) is 9.59 Å². The average Bonchev–Trinajstić information content (AvgIpc) is 2.62. The maximum absolute atomic E-state index is 13.2. The Hall–Kier alpha value is -2.23. The second kappa shape index (κ2) is 10.2. The van der Waals surface area contributed by atoms with E-state index in [1.54, 1.807) is 72.4 Å². The number of ketones is 1. The molecule has 0 aliphatic carbocycles. The van der Waals surface area contributed by atoms with E-state index < -0.39 is 23.3 Å². The summed E-state index contributed by atoms with van der Waals surface area (Å²) in [6, 6.07) is 13.7. The fourth-order valence-electron chi connectivity index (χ4n) is 2.46. The lowest BCUT2D eigenvalue weighted by Gasteiger charge is -2.24. The van der Waals surface area contributed by atoms with Crippen LogP contribution in [-0.4, -0.2) is 24.5 Å². The van der Waals surface area contributed by atoms with Gasteiger partial charge in [0.1, 0.15) is 26.4 Å². The lowest BCUT2D eigenvalue weighted by atomic mass is 9.90. The third-order valence-corrected chi connectivity index (χ3v) is 3.79. The van der Waals surface area contributed by atoms with Crippen LogP contribution in [0.5, 0.6) is 5.75 Å². The Morgan fingerprint density at radius 3 is 2.11 bits per heavy atom. The normalized spacial score (nSPS) is 11.6. The third-order valence-electron chi connectivity index (χ3n) is 3.48. The number of benzene rings is 2. The molecule has 1 unspecified atom stereocenters. The predicted octanol–water partition coefficient (Wildman–Crippen LogP) is 5.13. The second-order valence-electron chi connectivity index (χ2n) is 6.56. The van der Waals surface area contributed by atoms with E-state index in [2.05, 4.69) is 0 Å². The molecular weight excluding hydrogens is 387 g/mol. The highest BCUT2D eigenvalue weighted by molar-refractivity contribution is 7.00. The van der Waals surface area contributed by atoms with E-state index in [0.29, 0.717) is 11.3 Å². The molecule has 7 heteroatoms. The van der Waals surface area contributed by atoms with Gasteiger partial charge in [0.05, 0.1) is 17.7 Å². The average molecular weight is 409 g/mol. The summed E-state index contributed by atoms with van der Waals surface area (Å²) >= 11 is 6.22. The molecule has 0 saturated heterocycles. The lowest BCUT2D eigenvalue weighted by molar-refractivity contribution is -0.155. The van der Waals surface area contributed by atoms with E-state index in [1.807, 2.05) is 6.07 Å². The van der Waals surface area contributed by atoms with Crippen LogP contribution in [-0.2, 0) is 14.1 Å². The molecule has 0 spiro atoms. The number of hydrogen-bond donors (Lipinski definition) is 0. The predicted molar refractivity (Wildman–Crippen MR) is 106 cm³/mol. The Morgan fingerprint density at radius 1 is 1.00 bits per heavy atom. The summed E-state index contributed by atoms with van der Waals surface area (Å²) in [6.45, 7) is 5.27. The van der Waals surface area contributed by atoms with Crippen LogP contribution >= 0.6 is 20.7 Å². The molecule has 2 rings (SSSR count). The minimum Gasteiger partial charge on any atom is -0.496 e. The van der Waals surface area contributed by atoms with Crippen molar-refractivity contribution in [2.75, 3.05) is 7.11 Å². The molecule has 0 radical (unpaired) electrons. The summed E-state index contributed by atoms with van der Waals surface area (Å²) in [5.74, 6) is -1.87. The fraction of sp³-hybridized carbons (Fsp3) is 0.300. The molecular formula is C20H22ClO5P. The molecule has 5 nitrogen and oxygen atoms in total. The van der Waals surface area contributed by atoms with Crippen LogP contribution in [0.15, 0.2) is 48.5 Å². The molecule has 0 aliphatic heterocycles. The van der Waals surface area contributed by atoms with Crippen molar-refractivity contribution in [1.82, 2.24) is 0 Å². The minimum absolute atomic E-state index is 0.173. The SMILES string of the molecule is COc1cccc(Cl)c1C(=O)C(C(=O)OC(C)(C)C)c1ccccc1.O=P. The zero-order valence-electron chi connectivity index (χ0n) is 15.6. The van der Waals surface area contributed by atoms with Gasteiger partial charge in [-0.25, -0.2) is 0 Å². The van der Waals surface area contributed by atoms with Gasteiger partial charge in [0, 0.05) is 0 Å². The van der Waals surface area contributed by atoms with Crippen LogP contribution in [0.1, 0.15) is 42.6 Å². The topological polar surface area (TPSA) is 69.7 Å². The van der Waals surface area contributed by atoms with Crippen molar-refractivity contribution < 1.29 is 23.6 Å². The Labute approximate surface area is 166 Å². The van der Waals surface area contributed by atoms with Crippen molar-refractivity contribution in [2.24, 2.45) is 0 Å². The number of methoxy groups -OCH3 is 1. The Kier molecular flexibility index (Phi) is 8.61. The van der Waals surface area contributed by atoms with Gasteiger partial charge in [0.2, 0.25) is 0 Å². The van der Waals surface area contributed by atoms with Gasteiger partial charge in [-0.15, -0.1) is 0 Å². The molecule has 1 atom stereocenters. The third kappa shape index (κ3) is 6.16. The van der Waals surface area contributed by atoms with Gasteiger partial charge in [-0.3, -0.25) is 14.2 Å². The van der Waals surface area contributed by atoms with Crippen LogP contribution in [0.3, 0.4) is 0 Å². The fourth-order valence-corrected chi connectivity index (χ4v) is 2.72. The Balaban J connectivity index is 0.00000176. The van der Waals surface area contributed by atoms with E-state index in [4.69, 9.17) is 25.6 Å². The first-order valence-corrected chi connectivity index (χ1v) is 8.88. The molecule has 0 aromatic heterocycles. The number of carbonyl (C=O) groups is 2. The van der Waals surface area contributed by atoms with Crippen molar-refractivity contribution in [1.29, 1.82) is 0 Å². The summed E-state index contributed by atoms with van der Waals surface area (Å²) in [5, 5.41) is 0.230. The lowest BCUT2D eigenvalue weighted by Crippen LogP contribution is -2.31. The van der Waals surface area contributed by atoms with Crippen molar-refractivity contribution in [3.63, 3.8) is 0 Å². The van der Waals surface area contributed by atoms with Gasteiger partial charge in [-0.2, -0.15) is 0 Å². The molecule has 0 fully saturated rings. The van der Waals surface area contributed by atoms with Crippen LogP contribution in [0.4, 0.5) is 0 Å². The van der Waals surface area contributed by atoms with Gasteiger partial charge in [-0.1, -0.05) is 48.0 Å². The van der Waals surface area contributed by atoms with Crippen LogP contribution in [0, 0.1) is 0 Å². The summed E-state index contributed by atoms with van der Waals surface area (Å²) in [7, 11) is 3.17. The van der Waals surface area contributed by atoms with E-state index in [-0.39, 0.29) is 10.6 Å². The highest BCUT2D eigenvalue weighted by Crippen LogP contribution is 2.33. The van der Waals surface area contributed by atoms with Crippen LogP contribution in [0.25, 0.3) is 0 Å². The van der Waals surface area contributed by atoms with Crippen molar-refractivity contribution in [3.05, 3.63) is 64.7 Å². The number of halogens is 1. The van der Waals surface area contributed by atoms with E-state index in [0.717, 1.165) is 0 Å². The van der Waals surface area contributed by atoms with Gasteiger partial charge in [0.15, 0.2) is 5.78 Å². The molecule has 0 aliphatic rings. The van der Waals surface area contributed by atoms with Crippen molar-refractivity contribution in [3.8, 4) is 5.75 Å². The number of hydrogen-bond acceptors (Lipinski definition) is 5. The molecule has 2 aromatic rings. The second-order valence-corrected chi connectivity index (χ2v) is 6.97. The molecule has 144 valence electrons. The smallest absolute Gasteiger partial charge is 0.321 e. The zero-order chi connectivity index (χ0) is 20.6. The van der Waals surface area contributed by atoms with Crippen molar-refractivity contribution in [2.45, 2.75) is 32.3 Å². The Morgan fingerprint density at radius 2 is 1.59 bits per heavy atom. The summed E-state index contributed by atoms with van der Waals surface area (Å²) in [6.07, 6.45) is 0. The summed E-state index contributed by atoms with van der Waals surface area (Å²) in [5.41, 5.74) is 0.00436. The highest BCUT2D eigenvalue weighted by atomic mass is 35.5. The van der Waals surface area contributed by atoms with Crippen LogP contribution < -0.4 is 4.74 Å². The molecule has 0 bridgehead atoms. The number of carbonyl (C=O) groups excluding carboxylic acids is 2. The molecule has 0 amide bonds. The molecule has 0 heterocycles. The molecule has 0 N–H and O–H groups in total. The van der Waals surface area contributed by atoms with Gasteiger partial charge in [0.25, 0.3) is 0 Å². The van der Waals surface area contributed by atoms with Gasteiger partial charge >= 0.3 is 5.97 Å². The number of rotatable bonds is 5. The maximum Gasteiger partial charge on any atom is 0.321 e. The van der Waals surface area contributed by atoms with Crippen LogP contribution in [0.2, 0.25) is 5.02 Å².